The van der Waals surface area contributed by atoms with Gasteiger partial charge in [-0.15, -0.1) is 0 Å². The van der Waals surface area contributed by atoms with Crippen molar-refractivity contribution in [3.05, 3.63) is 29.8 Å². The van der Waals surface area contributed by atoms with E-state index in [1.165, 1.54) is 13.2 Å². The zero-order chi connectivity index (χ0) is 20.5. The molecular weight excluding hydrogens is 364 g/mol. The molecule has 1 amide bonds. The van der Waals surface area contributed by atoms with Crippen molar-refractivity contribution < 1.29 is 28.5 Å². The van der Waals surface area contributed by atoms with Gasteiger partial charge in [-0.2, -0.15) is 5.26 Å². The number of hydrogen-bond acceptors (Lipinski definition) is 7. The van der Waals surface area contributed by atoms with Crippen LogP contribution in [0.25, 0.3) is 6.08 Å². The van der Waals surface area contributed by atoms with Crippen LogP contribution in [-0.4, -0.2) is 62.4 Å². The quantitative estimate of drug-likeness (QED) is 0.519. The van der Waals surface area contributed by atoms with Gasteiger partial charge in [0.1, 0.15) is 6.07 Å². The number of morpholine rings is 1. The van der Waals surface area contributed by atoms with Crippen molar-refractivity contribution in [2.75, 3.05) is 33.4 Å². The lowest BCUT2D eigenvalue weighted by molar-refractivity contribution is -0.154. The first kappa shape index (κ1) is 21.3. The zero-order valence-corrected chi connectivity index (χ0v) is 16.2. The van der Waals surface area contributed by atoms with Gasteiger partial charge in [0.05, 0.1) is 19.3 Å². The van der Waals surface area contributed by atoms with Gasteiger partial charge in [-0.25, -0.2) is 4.79 Å². The molecule has 0 aromatic heterocycles. The fourth-order valence-electron chi connectivity index (χ4n) is 2.84. The van der Waals surface area contributed by atoms with Gasteiger partial charge in [0, 0.05) is 19.2 Å². The molecule has 0 spiro atoms. The predicted molar refractivity (Wildman–Crippen MR) is 101 cm³/mol. The normalized spacial score (nSPS) is 19.1. The minimum atomic E-state index is -0.619. The summed E-state index contributed by atoms with van der Waals surface area (Å²) >= 11 is 0. The van der Waals surface area contributed by atoms with Gasteiger partial charge in [0.15, 0.2) is 24.7 Å². The van der Waals surface area contributed by atoms with Crippen molar-refractivity contribution in [3.63, 3.8) is 0 Å². The Morgan fingerprint density at radius 2 is 2.00 bits per heavy atom. The summed E-state index contributed by atoms with van der Waals surface area (Å²) in [5.74, 6) is 0.00994. The highest BCUT2D eigenvalue weighted by Crippen LogP contribution is 2.28. The van der Waals surface area contributed by atoms with Gasteiger partial charge in [-0.05, 0) is 37.6 Å². The van der Waals surface area contributed by atoms with Gasteiger partial charge < -0.3 is 23.8 Å². The highest BCUT2D eigenvalue weighted by Gasteiger charge is 2.26. The number of amides is 1. The third kappa shape index (κ3) is 6.28. The summed E-state index contributed by atoms with van der Waals surface area (Å²) in [4.78, 5) is 25.7. The van der Waals surface area contributed by atoms with Gasteiger partial charge in [-0.3, -0.25) is 4.79 Å². The fraction of sp³-hybridized carbons (Fsp3) is 0.450. The predicted octanol–water partition coefficient (Wildman–Crippen LogP) is 1.79. The van der Waals surface area contributed by atoms with Crippen LogP contribution in [0.3, 0.4) is 0 Å². The van der Waals surface area contributed by atoms with E-state index in [4.69, 9.17) is 24.2 Å². The monoisotopic (exact) mass is 388 g/mol. The molecule has 0 unspecified atom stereocenters. The summed E-state index contributed by atoms with van der Waals surface area (Å²) in [6.07, 6.45) is 2.70. The van der Waals surface area contributed by atoms with Crippen LogP contribution in [0.4, 0.5) is 0 Å². The molecule has 150 valence electrons. The second-order valence-electron chi connectivity index (χ2n) is 6.35. The van der Waals surface area contributed by atoms with Gasteiger partial charge in [0.2, 0.25) is 0 Å². The maximum atomic E-state index is 12.2. The number of rotatable bonds is 7. The number of nitriles is 1. The van der Waals surface area contributed by atoms with Crippen molar-refractivity contribution in [1.82, 2.24) is 4.90 Å². The zero-order valence-electron chi connectivity index (χ0n) is 16.2. The number of esters is 1. The Hall–Kier alpha value is -3.05. The molecule has 1 heterocycles. The molecule has 28 heavy (non-hydrogen) atoms. The maximum Gasteiger partial charge on any atom is 0.331 e. The first-order chi connectivity index (χ1) is 13.4. The number of benzene rings is 1. The fourth-order valence-corrected chi connectivity index (χ4v) is 2.84. The number of nitrogens with zero attached hydrogens (tertiary/aromatic N) is 2. The molecule has 2 atom stereocenters. The Bertz CT molecular complexity index is 760. The Kier molecular flexibility index (Phi) is 7.84. The van der Waals surface area contributed by atoms with E-state index in [-0.39, 0.29) is 31.3 Å². The van der Waals surface area contributed by atoms with E-state index in [1.54, 1.807) is 29.2 Å². The van der Waals surface area contributed by atoms with Crippen LogP contribution in [0.15, 0.2) is 24.3 Å². The van der Waals surface area contributed by atoms with Crippen molar-refractivity contribution in [2.45, 2.75) is 26.1 Å². The lowest BCUT2D eigenvalue weighted by Crippen LogP contribution is -2.49. The van der Waals surface area contributed by atoms with E-state index in [0.29, 0.717) is 30.2 Å². The molecule has 1 aliphatic heterocycles. The first-order valence-electron chi connectivity index (χ1n) is 8.88. The molecule has 8 nitrogen and oxygen atoms in total. The SMILES string of the molecule is COc1cc(/C=C/C(=O)OCC(=O)N2C[C@@H](C)O[C@@H](C)C2)ccc1OCC#N. The molecule has 1 saturated heterocycles. The van der Waals surface area contributed by atoms with Crippen molar-refractivity contribution >= 4 is 18.0 Å². The van der Waals surface area contributed by atoms with E-state index in [0.717, 1.165) is 0 Å². The summed E-state index contributed by atoms with van der Waals surface area (Å²) in [6.45, 7) is 4.36. The Morgan fingerprint density at radius 1 is 1.29 bits per heavy atom. The van der Waals surface area contributed by atoms with E-state index in [9.17, 15) is 9.59 Å². The van der Waals surface area contributed by atoms with Crippen LogP contribution < -0.4 is 9.47 Å². The molecule has 1 aromatic carbocycles. The first-order valence-corrected chi connectivity index (χ1v) is 8.88. The topological polar surface area (TPSA) is 98.1 Å². The average molecular weight is 388 g/mol. The number of methoxy groups -OCH3 is 1. The van der Waals surface area contributed by atoms with Crippen molar-refractivity contribution in [3.8, 4) is 17.6 Å². The van der Waals surface area contributed by atoms with E-state index >= 15 is 0 Å². The molecule has 0 N–H and O–H groups in total. The molecule has 0 radical (unpaired) electrons. The maximum absolute atomic E-state index is 12.2. The second-order valence-corrected chi connectivity index (χ2v) is 6.35. The summed E-state index contributed by atoms with van der Waals surface area (Å²) in [5.41, 5.74) is 0.681. The minimum absolute atomic E-state index is 0.0432. The van der Waals surface area contributed by atoms with Crippen molar-refractivity contribution in [2.24, 2.45) is 0 Å². The van der Waals surface area contributed by atoms with E-state index in [2.05, 4.69) is 0 Å². The van der Waals surface area contributed by atoms with Crippen LogP contribution in [-0.2, 0) is 19.1 Å². The number of carbonyl (C=O) groups excluding carboxylic acids is 2. The molecule has 2 rings (SSSR count). The van der Waals surface area contributed by atoms with Crippen LogP contribution in [0.5, 0.6) is 11.5 Å². The molecule has 0 bridgehead atoms. The Balaban J connectivity index is 1.87. The molecule has 1 aliphatic rings. The van der Waals surface area contributed by atoms with Crippen LogP contribution >= 0.6 is 0 Å². The average Bonchev–Trinajstić information content (AvgIpc) is 2.68. The molecule has 0 aliphatic carbocycles. The Morgan fingerprint density at radius 3 is 2.64 bits per heavy atom. The molecule has 1 aromatic rings. The third-order valence-electron chi connectivity index (χ3n) is 4.00. The highest BCUT2D eigenvalue weighted by molar-refractivity contribution is 5.89. The van der Waals surface area contributed by atoms with E-state index < -0.39 is 5.97 Å². The molecular formula is C20H24N2O6. The number of carbonyl (C=O) groups is 2. The van der Waals surface area contributed by atoms with Crippen LogP contribution in [0.1, 0.15) is 19.4 Å². The van der Waals surface area contributed by atoms with Crippen LogP contribution in [0.2, 0.25) is 0 Å². The lowest BCUT2D eigenvalue weighted by Gasteiger charge is -2.35. The minimum Gasteiger partial charge on any atom is -0.493 e. The summed E-state index contributed by atoms with van der Waals surface area (Å²) in [6, 6.07) is 6.90. The van der Waals surface area contributed by atoms with Gasteiger partial charge in [-0.1, -0.05) is 6.07 Å². The molecule has 0 saturated carbocycles. The van der Waals surface area contributed by atoms with Gasteiger partial charge >= 0.3 is 5.97 Å². The number of hydrogen-bond donors (Lipinski definition) is 0. The third-order valence-corrected chi connectivity index (χ3v) is 4.00. The van der Waals surface area contributed by atoms with Crippen molar-refractivity contribution in [1.29, 1.82) is 5.26 Å². The summed E-state index contributed by atoms with van der Waals surface area (Å²) in [5, 5.41) is 8.58. The second kappa shape index (κ2) is 10.3. The van der Waals surface area contributed by atoms with E-state index in [1.807, 2.05) is 19.9 Å². The standard InChI is InChI=1S/C20H24N2O6/c1-14-11-22(12-15(2)28-14)19(23)13-27-20(24)7-5-16-4-6-17(26-9-8-21)18(10-16)25-3/h4-7,10,14-15H,9,11-13H2,1-3H3/b7-5+/t14-,15+. The molecule has 8 heteroatoms. The van der Waals surface area contributed by atoms with Crippen LogP contribution in [0, 0.1) is 11.3 Å². The highest BCUT2D eigenvalue weighted by atomic mass is 16.5. The molecule has 1 fully saturated rings. The lowest BCUT2D eigenvalue weighted by atomic mass is 10.2. The Labute approximate surface area is 164 Å². The summed E-state index contributed by atoms with van der Waals surface area (Å²) < 4.78 is 21.1. The van der Waals surface area contributed by atoms with Gasteiger partial charge in [0.25, 0.3) is 5.91 Å². The largest absolute Gasteiger partial charge is 0.493 e. The number of ether oxygens (including phenoxy) is 4. The summed E-state index contributed by atoms with van der Waals surface area (Å²) in [7, 11) is 1.48. The smallest absolute Gasteiger partial charge is 0.331 e.